The summed E-state index contributed by atoms with van der Waals surface area (Å²) >= 11 is 6.08. The van der Waals surface area contributed by atoms with Crippen molar-refractivity contribution < 1.29 is 9.59 Å². The second-order valence-electron chi connectivity index (χ2n) is 5.18. The van der Waals surface area contributed by atoms with E-state index in [0.29, 0.717) is 17.3 Å². The number of rotatable bonds is 4. The second kappa shape index (κ2) is 6.20. The summed E-state index contributed by atoms with van der Waals surface area (Å²) in [4.78, 5) is 25.8. The highest BCUT2D eigenvalue weighted by molar-refractivity contribution is 6.33. The molecule has 0 saturated carbocycles. The minimum atomic E-state index is -0.559. The van der Waals surface area contributed by atoms with Crippen LogP contribution in [0.4, 0.5) is 5.69 Å². The molecule has 5 heteroatoms. The number of amides is 2. The number of imide groups is 1. The van der Waals surface area contributed by atoms with Gasteiger partial charge in [0.05, 0.1) is 23.7 Å². The van der Waals surface area contributed by atoms with Crippen LogP contribution in [0.3, 0.4) is 0 Å². The van der Waals surface area contributed by atoms with Gasteiger partial charge in [0.15, 0.2) is 0 Å². The van der Waals surface area contributed by atoms with Gasteiger partial charge in [0, 0.05) is 0 Å². The number of nitrogens with one attached hydrogen (secondary N) is 1. The molecule has 1 fully saturated rings. The van der Waals surface area contributed by atoms with E-state index < -0.39 is 6.04 Å². The number of likely N-dealkylation sites (tertiary alicyclic amines) is 1. The molecule has 2 aromatic rings. The first kappa shape index (κ1) is 14.6. The molecule has 1 saturated heterocycles. The van der Waals surface area contributed by atoms with Crippen LogP contribution in [0.15, 0.2) is 54.6 Å². The lowest BCUT2D eigenvalue weighted by molar-refractivity contribution is -0.139. The van der Waals surface area contributed by atoms with Crippen molar-refractivity contribution >= 4 is 29.1 Å². The third kappa shape index (κ3) is 2.97. The molecule has 22 heavy (non-hydrogen) atoms. The Hall–Kier alpha value is -2.33. The zero-order valence-corrected chi connectivity index (χ0v) is 12.6. The maximum Gasteiger partial charge on any atom is 0.252 e. The minimum absolute atomic E-state index is 0.150. The molecule has 1 N–H and O–H groups in total. The number of nitrogens with zero attached hydrogens (tertiary/aromatic N) is 1. The smallest absolute Gasteiger partial charge is 0.252 e. The number of anilines is 1. The minimum Gasteiger partial charge on any atom is -0.372 e. The van der Waals surface area contributed by atoms with Gasteiger partial charge >= 0.3 is 0 Å². The molecule has 0 bridgehead atoms. The Labute approximate surface area is 133 Å². The Morgan fingerprint density at radius 1 is 1.05 bits per heavy atom. The van der Waals surface area contributed by atoms with Crippen molar-refractivity contribution in [3.05, 3.63) is 65.2 Å². The van der Waals surface area contributed by atoms with E-state index in [1.54, 1.807) is 12.1 Å². The molecule has 0 aliphatic carbocycles. The molecule has 1 heterocycles. The zero-order chi connectivity index (χ0) is 15.5. The number of benzene rings is 2. The Morgan fingerprint density at radius 3 is 2.45 bits per heavy atom. The number of para-hydroxylation sites is 1. The van der Waals surface area contributed by atoms with Gasteiger partial charge in [-0.3, -0.25) is 14.5 Å². The molecular weight excluding hydrogens is 300 g/mol. The van der Waals surface area contributed by atoms with Crippen LogP contribution >= 0.6 is 11.6 Å². The highest BCUT2D eigenvalue weighted by atomic mass is 35.5. The summed E-state index contributed by atoms with van der Waals surface area (Å²) < 4.78 is 0. The SMILES string of the molecule is O=C1C[C@@H](Nc2ccccc2Cl)C(=O)N1Cc1ccccc1. The summed E-state index contributed by atoms with van der Waals surface area (Å²) in [7, 11) is 0. The monoisotopic (exact) mass is 314 g/mol. The van der Waals surface area contributed by atoms with Gasteiger partial charge in [-0.1, -0.05) is 54.1 Å². The van der Waals surface area contributed by atoms with Gasteiger partial charge in [0.25, 0.3) is 5.91 Å². The summed E-state index contributed by atoms with van der Waals surface area (Å²) in [6.45, 7) is 0.305. The molecule has 1 aliphatic heterocycles. The van der Waals surface area contributed by atoms with E-state index in [9.17, 15) is 9.59 Å². The zero-order valence-electron chi connectivity index (χ0n) is 11.8. The molecule has 4 nitrogen and oxygen atoms in total. The molecular formula is C17H15ClN2O2. The summed E-state index contributed by atoms with van der Waals surface area (Å²) in [5.41, 5.74) is 1.60. The normalized spacial score (nSPS) is 17.9. The molecule has 2 aromatic carbocycles. The van der Waals surface area contributed by atoms with Crippen molar-refractivity contribution in [3.8, 4) is 0 Å². The fraction of sp³-hybridized carbons (Fsp3) is 0.176. The van der Waals surface area contributed by atoms with Crippen LogP contribution in [0.25, 0.3) is 0 Å². The van der Waals surface area contributed by atoms with E-state index in [4.69, 9.17) is 11.6 Å². The van der Waals surface area contributed by atoms with Gasteiger partial charge in [-0.15, -0.1) is 0 Å². The third-order valence-corrected chi connectivity index (χ3v) is 3.96. The van der Waals surface area contributed by atoms with Crippen LogP contribution in [-0.4, -0.2) is 22.8 Å². The average Bonchev–Trinajstić information content (AvgIpc) is 2.78. The molecule has 0 radical (unpaired) electrons. The summed E-state index contributed by atoms with van der Waals surface area (Å²) in [6.07, 6.45) is 0.150. The lowest BCUT2D eigenvalue weighted by atomic mass is 10.2. The van der Waals surface area contributed by atoms with Gasteiger partial charge in [-0.25, -0.2) is 0 Å². The van der Waals surface area contributed by atoms with Gasteiger partial charge in [-0.2, -0.15) is 0 Å². The average molecular weight is 315 g/mol. The summed E-state index contributed by atoms with van der Waals surface area (Å²) in [5.74, 6) is -0.382. The van der Waals surface area contributed by atoms with Crippen molar-refractivity contribution in [1.82, 2.24) is 4.90 Å². The largest absolute Gasteiger partial charge is 0.372 e. The molecule has 1 aliphatic rings. The molecule has 0 spiro atoms. The Morgan fingerprint density at radius 2 is 1.73 bits per heavy atom. The number of hydrogen-bond acceptors (Lipinski definition) is 3. The molecule has 1 atom stereocenters. The topological polar surface area (TPSA) is 49.4 Å². The van der Waals surface area contributed by atoms with Crippen LogP contribution in [0.1, 0.15) is 12.0 Å². The van der Waals surface area contributed by atoms with Crippen LogP contribution in [0.5, 0.6) is 0 Å². The van der Waals surface area contributed by atoms with Crippen LogP contribution in [0, 0.1) is 0 Å². The van der Waals surface area contributed by atoms with Crippen LogP contribution < -0.4 is 5.32 Å². The highest BCUT2D eigenvalue weighted by Gasteiger charge is 2.38. The van der Waals surface area contributed by atoms with Gasteiger partial charge in [0.2, 0.25) is 5.91 Å². The van der Waals surface area contributed by atoms with E-state index in [2.05, 4.69) is 5.32 Å². The van der Waals surface area contributed by atoms with Gasteiger partial charge in [0.1, 0.15) is 6.04 Å². The highest BCUT2D eigenvalue weighted by Crippen LogP contribution is 2.25. The summed E-state index contributed by atoms with van der Waals surface area (Å²) in [6, 6.07) is 16.1. The first-order valence-corrected chi connectivity index (χ1v) is 7.42. The maximum absolute atomic E-state index is 12.4. The van der Waals surface area contributed by atoms with Crippen molar-refractivity contribution in [3.63, 3.8) is 0 Å². The fourth-order valence-corrected chi connectivity index (χ4v) is 2.68. The molecule has 112 valence electrons. The van der Waals surface area contributed by atoms with E-state index in [-0.39, 0.29) is 18.2 Å². The second-order valence-corrected chi connectivity index (χ2v) is 5.59. The Balaban J connectivity index is 1.73. The van der Waals surface area contributed by atoms with Crippen LogP contribution in [-0.2, 0) is 16.1 Å². The number of carbonyl (C=O) groups is 2. The number of hydrogen-bond donors (Lipinski definition) is 1. The predicted molar refractivity (Wildman–Crippen MR) is 85.5 cm³/mol. The van der Waals surface area contributed by atoms with Gasteiger partial charge in [-0.05, 0) is 17.7 Å². The summed E-state index contributed by atoms with van der Waals surface area (Å²) in [5, 5.41) is 3.59. The van der Waals surface area contributed by atoms with E-state index in [0.717, 1.165) is 5.56 Å². The fourth-order valence-electron chi connectivity index (χ4n) is 2.49. The van der Waals surface area contributed by atoms with Crippen molar-refractivity contribution in [1.29, 1.82) is 0 Å². The lowest BCUT2D eigenvalue weighted by Crippen LogP contribution is -2.34. The standard InChI is InChI=1S/C17H15ClN2O2/c18-13-8-4-5-9-14(13)19-15-10-16(21)20(17(15)22)11-12-6-2-1-3-7-12/h1-9,15,19H,10-11H2/t15-/m1/s1. The molecule has 3 rings (SSSR count). The molecule has 0 aromatic heterocycles. The van der Waals surface area contributed by atoms with E-state index in [1.807, 2.05) is 42.5 Å². The number of halogens is 1. The van der Waals surface area contributed by atoms with Crippen molar-refractivity contribution in [2.24, 2.45) is 0 Å². The predicted octanol–water partition coefficient (Wildman–Crippen LogP) is 3.08. The Bertz CT molecular complexity index is 703. The van der Waals surface area contributed by atoms with Crippen molar-refractivity contribution in [2.45, 2.75) is 19.0 Å². The third-order valence-electron chi connectivity index (χ3n) is 3.63. The lowest BCUT2D eigenvalue weighted by Gasteiger charge is -2.16. The Kier molecular flexibility index (Phi) is 4.11. The van der Waals surface area contributed by atoms with Crippen LogP contribution in [0.2, 0.25) is 5.02 Å². The first-order chi connectivity index (χ1) is 10.6. The first-order valence-electron chi connectivity index (χ1n) is 7.04. The van der Waals surface area contributed by atoms with E-state index >= 15 is 0 Å². The quantitative estimate of drug-likeness (QED) is 0.882. The van der Waals surface area contributed by atoms with Gasteiger partial charge < -0.3 is 5.32 Å². The number of carbonyl (C=O) groups excluding carboxylic acids is 2. The molecule has 2 amide bonds. The molecule has 0 unspecified atom stereocenters. The maximum atomic E-state index is 12.4. The van der Waals surface area contributed by atoms with E-state index in [1.165, 1.54) is 4.90 Å². The van der Waals surface area contributed by atoms with Crippen molar-refractivity contribution in [2.75, 3.05) is 5.32 Å².